The van der Waals surface area contributed by atoms with E-state index in [0.29, 0.717) is 5.91 Å². The Kier molecular flexibility index (Phi) is 3.55. The summed E-state index contributed by atoms with van der Waals surface area (Å²) in [6.45, 7) is 5.54. The van der Waals surface area contributed by atoms with Gasteiger partial charge >= 0.3 is 0 Å². The van der Waals surface area contributed by atoms with Crippen molar-refractivity contribution in [2.24, 2.45) is 0 Å². The van der Waals surface area contributed by atoms with Gasteiger partial charge in [0.15, 0.2) is 0 Å². The molecule has 0 aromatic heterocycles. The third kappa shape index (κ3) is 2.24. The van der Waals surface area contributed by atoms with Crippen molar-refractivity contribution in [2.45, 2.75) is 50.7 Å². The average molecular weight is 273 g/mol. The van der Waals surface area contributed by atoms with Crippen LogP contribution in [-0.2, 0) is 14.9 Å². The van der Waals surface area contributed by atoms with E-state index >= 15 is 0 Å². The van der Waals surface area contributed by atoms with Crippen LogP contribution in [0.3, 0.4) is 0 Å². The van der Waals surface area contributed by atoms with Gasteiger partial charge in [-0.25, -0.2) is 0 Å². The molecule has 3 nitrogen and oxygen atoms in total. The molecule has 3 rings (SSSR count). The second kappa shape index (κ2) is 5.21. The highest BCUT2D eigenvalue weighted by molar-refractivity contribution is 5.89. The first-order valence-corrected chi connectivity index (χ1v) is 7.62. The van der Waals surface area contributed by atoms with Gasteiger partial charge in [0, 0.05) is 13.1 Å². The van der Waals surface area contributed by atoms with Crippen LogP contribution in [0.25, 0.3) is 0 Å². The molecule has 1 amide bonds. The summed E-state index contributed by atoms with van der Waals surface area (Å²) in [5, 5.41) is 0. The number of hydrogen-bond donors (Lipinski definition) is 0. The zero-order chi connectivity index (χ0) is 14.2. The van der Waals surface area contributed by atoms with E-state index in [2.05, 4.69) is 12.1 Å². The summed E-state index contributed by atoms with van der Waals surface area (Å²) in [5.74, 6) is 0.303. The number of carbonyl (C=O) groups is 1. The van der Waals surface area contributed by atoms with Gasteiger partial charge in [0.2, 0.25) is 5.91 Å². The standard InChI is InChI=1S/C17H23NO2/c1-13-11-18(12-14(2)20-13)16(19)17(9-6-10-17)15-7-4-3-5-8-15/h3-5,7-8,13-14H,6,9-12H2,1-2H3. The number of hydrogen-bond acceptors (Lipinski definition) is 2. The van der Waals surface area contributed by atoms with Crippen molar-refractivity contribution in [3.05, 3.63) is 35.9 Å². The van der Waals surface area contributed by atoms with Crippen molar-refractivity contribution in [3.63, 3.8) is 0 Å². The average Bonchev–Trinajstić information content (AvgIpc) is 2.37. The first-order chi connectivity index (χ1) is 9.62. The van der Waals surface area contributed by atoms with Crippen LogP contribution in [0.4, 0.5) is 0 Å². The van der Waals surface area contributed by atoms with E-state index in [0.717, 1.165) is 32.4 Å². The molecular formula is C17H23NO2. The van der Waals surface area contributed by atoms with E-state index in [-0.39, 0.29) is 17.6 Å². The topological polar surface area (TPSA) is 29.5 Å². The molecule has 3 heteroatoms. The summed E-state index contributed by atoms with van der Waals surface area (Å²) in [7, 11) is 0. The zero-order valence-corrected chi connectivity index (χ0v) is 12.3. The molecule has 1 aliphatic heterocycles. The minimum atomic E-state index is -0.266. The molecule has 1 heterocycles. The summed E-state index contributed by atoms with van der Waals surface area (Å²) in [5.41, 5.74) is 0.918. The lowest BCUT2D eigenvalue weighted by molar-refractivity contribution is -0.152. The Balaban J connectivity index is 1.84. The lowest BCUT2D eigenvalue weighted by Crippen LogP contribution is -2.56. The number of ether oxygens (including phenoxy) is 1. The van der Waals surface area contributed by atoms with Crippen LogP contribution >= 0.6 is 0 Å². The van der Waals surface area contributed by atoms with Gasteiger partial charge < -0.3 is 9.64 Å². The highest BCUT2D eigenvalue weighted by Gasteiger charge is 2.48. The molecule has 1 aromatic rings. The van der Waals surface area contributed by atoms with Gasteiger partial charge in [0.25, 0.3) is 0 Å². The Morgan fingerprint density at radius 3 is 2.25 bits per heavy atom. The maximum absolute atomic E-state index is 13.1. The van der Waals surface area contributed by atoms with E-state index in [1.54, 1.807) is 0 Å². The van der Waals surface area contributed by atoms with Crippen molar-refractivity contribution in [2.75, 3.05) is 13.1 Å². The summed E-state index contributed by atoms with van der Waals surface area (Å²) in [4.78, 5) is 15.1. The molecule has 0 radical (unpaired) electrons. The molecular weight excluding hydrogens is 250 g/mol. The molecule has 0 spiro atoms. The second-order valence-electron chi connectivity index (χ2n) is 6.27. The fourth-order valence-electron chi connectivity index (χ4n) is 3.56. The van der Waals surface area contributed by atoms with Crippen LogP contribution < -0.4 is 0 Å². The molecule has 2 fully saturated rings. The smallest absolute Gasteiger partial charge is 0.233 e. The van der Waals surface area contributed by atoms with Gasteiger partial charge in [0.05, 0.1) is 17.6 Å². The lowest BCUT2D eigenvalue weighted by Gasteiger charge is -2.46. The molecule has 1 saturated heterocycles. The van der Waals surface area contributed by atoms with Crippen molar-refractivity contribution >= 4 is 5.91 Å². The number of benzene rings is 1. The van der Waals surface area contributed by atoms with Crippen molar-refractivity contribution in [3.8, 4) is 0 Å². The summed E-state index contributed by atoms with van der Waals surface area (Å²) < 4.78 is 5.74. The number of carbonyl (C=O) groups excluding carboxylic acids is 1. The van der Waals surface area contributed by atoms with Crippen molar-refractivity contribution in [1.29, 1.82) is 0 Å². The van der Waals surface area contributed by atoms with Crippen LogP contribution in [0.2, 0.25) is 0 Å². The third-order valence-electron chi connectivity index (χ3n) is 4.65. The van der Waals surface area contributed by atoms with Gasteiger partial charge in [-0.05, 0) is 32.3 Å². The molecule has 20 heavy (non-hydrogen) atoms. The largest absolute Gasteiger partial charge is 0.372 e. The molecule has 2 atom stereocenters. The molecule has 2 aliphatic rings. The van der Waals surface area contributed by atoms with Gasteiger partial charge in [-0.1, -0.05) is 36.8 Å². The summed E-state index contributed by atoms with van der Waals surface area (Å²) in [6, 6.07) is 10.3. The fourth-order valence-corrected chi connectivity index (χ4v) is 3.56. The monoisotopic (exact) mass is 273 g/mol. The SMILES string of the molecule is CC1CN(C(=O)C2(c3ccccc3)CCC2)CC(C)O1. The Morgan fingerprint density at radius 2 is 1.75 bits per heavy atom. The normalized spacial score (nSPS) is 28.8. The van der Waals surface area contributed by atoms with E-state index in [1.165, 1.54) is 5.56 Å². The van der Waals surface area contributed by atoms with Gasteiger partial charge in [-0.15, -0.1) is 0 Å². The molecule has 0 bridgehead atoms. The van der Waals surface area contributed by atoms with Crippen molar-refractivity contribution < 1.29 is 9.53 Å². The van der Waals surface area contributed by atoms with Crippen LogP contribution in [0.5, 0.6) is 0 Å². The predicted molar refractivity (Wildman–Crippen MR) is 78.6 cm³/mol. The highest BCUT2D eigenvalue weighted by atomic mass is 16.5. The lowest BCUT2D eigenvalue weighted by atomic mass is 9.63. The number of rotatable bonds is 2. The number of morpholine rings is 1. The van der Waals surface area contributed by atoms with Crippen LogP contribution in [0.1, 0.15) is 38.7 Å². The third-order valence-corrected chi connectivity index (χ3v) is 4.65. The van der Waals surface area contributed by atoms with Gasteiger partial charge in [0.1, 0.15) is 0 Å². The van der Waals surface area contributed by atoms with Gasteiger partial charge in [-0.3, -0.25) is 4.79 Å². The Morgan fingerprint density at radius 1 is 1.15 bits per heavy atom. The molecule has 108 valence electrons. The Bertz CT molecular complexity index is 471. The molecule has 2 unspecified atom stereocenters. The summed E-state index contributed by atoms with van der Waals surface area (Å²) in [6.07, 6.45) is 3.38. The van der Waals surface area contributed by atoms with Crippen LogP contribution in [-0.4, -0.2) is 36.1 Å². The van der Waals surface area contributed by atoms with E-state index in [4.69, 9.17) is 4.74 Å². The first kappa shape index (κ1) is 13.6. The van der Waals surface area contributed by atoms with Crippen molar-refractivity contribution in [1.82, 2.24) is 4.90 Å². The second-order valence-corrected chi connectivity index (χ2v) is 6.27. The Labute approximate surface area is 120 Å². The zero-order valence-electron chi connectivity index (χ0n) is 12.3. The van der Waals surface area contributed by atoms with E-state index in [1.807, 2.05) is 36.9 Å². The first-order valence-electron chi connectivity index (χ1n) is 7.62. The minimum absolute atomic E-state index is 0.135. The predicted octanol–water partition coefficient (Wildman–Crippen LogP) is 2.74. The minimum Gasteiger partial charge on any atom is -0.372 e. The van der Waals surface area contributed by atoms with E-state index in [9.17, 15) is 4.79 Å². The summed E-state index contributed by atoms with van der Waals surface area (Å²) >= 11 is 0. The van der Waals surface area contributed by atoms with Gasteiger partial charge in [-0.2, -0.15) is 0 Å². The fraction of sp³-hybridized carbons (Fsp3) is 0.588. The number of nitrogens with zero attached hydrogens (tertiary/aromatic N) is 1. The maximum Gasteiger partial charge on any atom is 0.233 e. The molecule has 1 saturated carbocycles. The van der Waals surface area contributed by atoms with Crippen LogP contribution in [0.15, 0.2) is 30.3 Å². The van der Waals surface area contributed by atoms with Crippen LogP contribution in [0, 0.1) is 0 Å². The number of amides is 1. The maximum atomic E-state index is 13.1. The molecule has 1 aromatic carbocycles. The molecule has 1 aliphatic carbocycles. The molecule has 0 N–H and O–H groups in total. The van der Waals surface area contributed by atoms with E-state index < -0.39 is 0 Å². The highest BCUT2D eigenvalue weighted by Crippen LogP contribution is 2.45. The Hall–Kier alpha value is -1.35. The quantitative estimate of drug-likeness (QED) is 0.829.